The van der Waals surface area contributed by atoms with Crippen LogP contribution in [0.5, 0.6) is 0 Å². The summed E-state index contributed by atoms with van der Waals surface area (Å²) in [6, 6.07) is 14.8. The molecule has 0 aliphatic carbocycles. The molecule has 2 aromatic rings. The maximum atomic E-state index is 4.17. The number of pyridine rings is 1. The number of aryl methyl sites for hydroxylation is 1. The summed E-state index contributed by atoms with van der Waals surface area (Å²) in [6.07, 6.45) is 21.8. The van der Waals surface area contributed by atoms with Crippen molar-refractivity contribution in [2.75, 3.05) is 6.54 Å². The molecule has 0 aliphatic heterocycles. The molecule has 0 aliphatic rings. The van der Waals surface area contributed by atoms with Gasteiger partial charge >= 0.3 is 0 Å². The molecule has 0 unspecified atom stereocenters. The fourth-order valence-corrected chi connectivity index (χ4v) is 3.29. The molecule has 0 saturated heterocycles. The van der Waals surface area contributed by atoms with Crippen molar-refractivity contribution in [3.05, 3.63) is 78.1 Å². The molecule has 2 rings (SSSR count). The van der Waals surface area contributed by atoms with Gasteiger partial charge in [0.1, 0.15) is 0 Å². The largest absolute Gasteiger partial charge is 0.309 e. The molecule has 0 bridgehead atoms. The summed E-state index contributed by atoms with van der Waals surface area (Å²) >= 11 is 0. The minimum Gasteiger partial charge on any atom is -0.309 e. The van der Waals surface area contributed by atoms with Crippen molar-refractivity contribution in [2.24, 2.45) is 0 Å². The second-order valence-corrected chi connectivity index (χ2v) is 7.32. The van der Waals surface area contributed by atoms with Crippen LogP contribution in [0.3, 0.4) is 0 Å². The van der Waals surface area contributed by atoms with E-state index >= 15 is 0 Å². The van der Waals surface area contributed by atoms with Gasteiger partial charge in [0.15, 0.2) is 0 Å². The van der Waals surface area contributed by atoms with Crippen molar-refractivity contribution in [3.63, 3.8) is 0 Å². The molecule has 2 heteroatoms. The molecule has 0 fully saturated rings. The molecular weight excluding hydrogens is 328 g/mol. The molecule has 0 amide bonds. The number of aromatic nitrogens is 1. The highest BCUT2D eigenvalue weighted by Gasteiger charge is 1.94. The second-order valence-electron chi connectivity index (χ2n) is 7.32. The second kappa shape index (κ2) is 15.2. The van der Waals surface area contributed by atoms with Crippen molar-refractivity contribution in [1.82, 2.24) is 10.3 Å². The Balaban J connectivity index is 1.30. The fourth-order valence-electron chi connectivity index (χ4n) is 3.29. The quantitative estimate of drug-likeness (QED) is 0.289. The lowest BCUT2D eigenvalue weighted by atomic mass is 10.0. The van der Waals surface area contributed by atoms with E-state index in [1.165, 1.54) is 75.3 Å². The summed E-state index contributed by atoms with van der Waals surface area (Å²) < 4.78 is 0. The third-order valence-corrected chi connectivity index (χ3v) is 4.91. The maximum absolute atomic E-state index is 4.17. The van der Waals surface area contributed by atoms with Crippen molar-refractivity contribution in [1.29, 1.82) is 0 Å². The van der Waals surface area contributed by atoms with Gasteiger partial charge in [-0.1, -0.05) is 87.1 Å². The van der Waals surface area contributed by atoms with Gasteiger partial charge < -0.3 is 5.32 Å². The molecule has 146 valence electrons. The van der Waals surface area contributed by atoms with Crippen LogP contribution in [0.25, 0.3) is 0 Å². The van der Waals surface area contributed by atoms with Gasteiger partial charge in [-0.3, -0.25) is 4.98 Å². The number of hydrogen-bond donors (Lipinski definition) is 1. The first-order chi connectivity index (χ1) is 13.4. The van der Waals surface area contributed by atoms with E-state index in [9.17, 15) is 0 Å². The first kappa shape index (κ1) is 21.4. The van der Waals surface area contributed by atoms with Gasteiger partial charge in [-0.15, -0.1) is 0 Å². The number of hydrogen-bond acceptors (Lipinski definition) is 2. The molecule has 0 saturated carbocycles. The molecule has 2 nitrogen and oxygen atoms in total. The summed E-state index contributed by atoms with van der Waals surface area (Å²) in [5.41, 5.74) is 2.73. The lowest BCUT2D eigenvalue weighted by Crippen LogP contribution is -2.12. The SMILES string of the molecule is C(=C\CNCc1ccccc1)/CCCCCCCCCCc1cccnc1. The van der Waals surface area contributed by atoms with Gasteiger partial charge in [0.05, 0.1) is 0 Å². The van der Waals surface area contributed by atoms with E-state index in [1.807, 2.05) is 18.5 Å². The Morgan fingerprint density at radius 3 is 2.15 bits per heavy atom. The van der Waals surface area contributed by atoms with Crippen LogP contribution < -0.4 is 5.32 Å². The molecule has 1 aromatic heterocycles. The number of nitrogens with zero attached hydrogens (tertiary/aromatic N) is 1. The minimum absolute atomic E-state index is 0.952. The van der Waals surface area contributed by atoms with E-state index in [4.69, 9.17) is 0 Å². The van der Waals surface area contributed by atoms with Crippen LogP contribution in [0.15, 0.2) is 67.0 Å². The molecule has 1 N–H and O–H groups in total. The van der Waals surface area contributed by atoms with E-state index < -0.39 is 0 Å². The van der Waals surface area contributed by atoms with Crippen LogP contribution in [0.1, 0.15) is 68.9 Å². The van der Waals surface area contributed by atoms with Crippen molar-refractivity contribution < 1.29 is 0 Å². The lowest BCUT2D eigenvalue weighted by Gasteiger charge is -2.03. The zero-order valence-corrected chi connectivity index (χ0v) is 16.8. The monoisotopic (exact) mass is 364 g/mol. The standard InChI is InChI=1S/C25H36N2/c1(2-4-6-8-11-16-25-19-15-21-27-23-25)3-5-7-9-14-20-26-22-24-17-12-10-13-18-24/h9-10,12-15,17-19,21,23,26H,1-8,11,16,20,22H2/b14-9+. The Kier molecular flexibility index (Phi) is 12.0. The number of rotatable bonds is 15. The van der Waals surface area contributed by atoms with Crippen LogP contribution in [0.2, 0.25) is 0 Å². The Labute approximate surface area is 166 Å². The lowest BCUT2D eigenvalue weighted by molar-refractivity contribution is 0.569. The summed E-state index contributed by atoms with van der Waals surface area (Å²) in [7, 11) is 0. The van der Waals surface area contributed by atoms with Crippen molar-refractivity contribution in [2.45, 2.75) is 70.8 Å². The predicted octanol–water partition coefficient (Wildman–Crippen LogP) is 6.48. The first-order valence-electron chi connectivity index (χ1n) is 10.7. The number of unbranched alkanes of at least 4 members (excludes halogenated alkanes) is 8. The normalized spacial score (nSPS) is 11.3. The number of nitrogens with one attached hydrogen (secondary N) is 1. The van der Waals surface area contributed by atoms with Gasteiger partial charge in [0, 0.05) is 25.5 Å². The smallest absolute Gasteiger partial charge is 0.0299 e. The van der Waals surface area contributed by atoms with Crippen LogP contribution >= 0.6 is 0 Å². The Morgan fingerprint density at radius 2 is 1.41 bits per heavy atom. The molecular formula is C25H36N2. The van der Waals surface area contributed by atoms with Crippen molar-refractivity contribution >= 4 is 0 Å². The first-order valence-corrected chi connectivity index (χ1v) is 10.7. The molecule has 1 heterocycles. The molecule has 0 radical (unpaired) electrons. The maximum Gasteiger partial charge on any atom is 0.0299 e. The molecule has 27 heavy (non-hydrogen) atoms. The van der Waals surface area contributed by atoms with Gasteiger partial charge in [-0.25, -0.2) is 0 Å². The van der Waals surface area contributed by atoms with Crippen LogP contribution in [0.4, 0.5) is 0 Å². The Hall–Kier alpha value is -1.93. The predicted molar refractivity (Wildman–Crippen MR) is 117 cm³/mol. The summed E-state index contributed by atoms with van der Waals surface area (Å²) in [5, 5.41) is 3.46. The van der Waals surface area contributed by atoms with Crippen molar-refractivity contribution in [3.8, 4) is 0 Å². The van der Waals surface area contributed by atoms with Gasteiger partial charge in [-0.05, 0) is 42.9 Å². The topological polar surface area (TPSA) is 24.9 Å². The number of allylic oxidation sites excluding steroid dienone is 1. The average Bonchev–Trinajstić information content (AvgIpc) is 2.72. The van der Waals surface area contributed by atoms with Crippen LogP contribution in [-0.4, -0.2) is 11.5 Å². The molecule has 0 spiro atoms. The molecule has 1 aromatic carbocycles. The zero-order valence-electron chi connectivity index (χ0n) is 16.8. The highest BCUT2D eigenvalue weighted by molar-refractivity contribution is 5.14. The Morgan fingerprint density at radius 1 is 0.704 bits per heavy atom. The third kappa shape index (κ3) is 11.4. The van der Waals surface area contributed by atoms with Crippen LogP contribution in [0, 0.1) is 0 Å². The molecule has 0 atom stereocenters. The van der Waals surface area contributed by atoms with Gasteiger partial charge in [0.2, 0.25) is 0 Å². The zero-order chi connectivity index (χ0) is 18.8. The summed E-state index contributed by atoms with van der Waals surface area (Å²) in [5.74, 6) is 0. The van der Waals surface area contributed by atoms with E-state index in [0.717, 1.165) is 13.1 Å². The van der Waals surface area contributed by atoms with Gasteiger partial charge in [0.25, 0.3) is 0 Å². The summed E-state index contributed by atoms with van der Waals surface area (Å²) in [4.78, 5) is 4.17. The third-order valence-electron chi connectivity index (χ3n) is 4.91. The fraction of sp³-hybridized carbons (Fsp3) is 0.480. The highest BCUT2D eigenvalue weighted by atomic mass is 14.8. The van der Waals surface area contributed by atoms with Crippen LogP contribution in [-0.2, 0) is 13.0 Å². The average molecular weight is 365 g/mol. The van der Waals surface area contributed by atoms with E-state index in [1.54, 1.807) is 0 Å². The summed E-state index contributed by atoms with van der Waals surface area (Å²) in [6.45, 7) is 1.92. The van der Waals surface area contributed by atoms with E-state index in [-0.39, 0.29) is 0 Å². The Bertz CT molecular complexity index is 592. The number of benzene rings is 1. The van der Waals surface area contributed by atoms with E-state index in [0.29, 0.717) is 0 Å². The minimum atomic E-state index is 0.952. The highest BCUT2D eigenvalue weighted by Crippen LogP contribution is 2.11. The van der Waals surface area contributed by atoms with E-state index in [2.05, 4.69) is 58.9 Å². The van der Waals surface area contributed by atoms with Gasteiger partial charge in [-0.2, -0.15) is 0 Å².